The number of carbonyl (C=O) groups is 1. The van der Waals surface area contributed by atoms with Crippen LogP contribution in [0.15, 0.2) is 89.8 Å². The van der Waals surface area contributed by atoms with Gasteiger partial charge in [-0.15, -0.1) is 0 Å². The summed E-state index contributed by atoms with van der Waals surface area (Å²) in [4.78, 5) is 13.1. The molecule has 0 bridgehead atoms. The van der Waals surface area contributed by atoms with Gasteiger partial charge in [0.25, 0.3) is 15.9 Å². The molecule has 0 unspecified atom stereocenters. The van der Waals surface area contributed by atoms with Crippen molar-refractivity contribution < 1.29 is 17.9 Å². The van der Waals surface area contributed by atoms with Crippen LogP contribution in [0.25, 0.3) is 6.08 Å². The van der Waals surface area contributed by atoms with Crippen LogP contribution >= 0.6 is 0 Å². The summed E-state index contributed by atoms with van der Waals surface area (Å²) in [6.45, 7) is 4.36. The second-order valence-corrected chi connectivity index (χ2v) is 8.38. The van der Waals surface area contributed by atoms with Crippen LogP contribution in [0.4, 0.5) is 5.69 Å². The van der Waals surface area contributed by atoms with Gasteiger partial charge in [0.15, 0.2) is 0 Å². The highest BCUT2D eigenvalue weighted by Crippen LogP contribution is 2.25. The van der Waals surface area contributed by atoms with Crippen LogP contribution in [0, 0.1) is 6.92 Å². The Hall–Kier alpha value is -3.38. The lowest BCUT2D eigenvalue weighted by Gasteiger charge is -2.21. The normalized spacial score (nSPS) is 11.4. The van der Waals surface area contributed by atoms with Gasteiger partial charge in [0, 0.05) is 6.08 Å². The average Bonchev–Trinajstić information content (AvgIpc) is 2.75. The van der Waals surface area contributed by atoms with Crippen molar-refractivity contribution in [2.45, 2.75) is 18.7 Å². The maximum Gasteiger partial charge on any atom is 0.271 e. The minimum Gasteiger partial charge on any atom is -0.494 e. The van der Waals surface area contributed by atoms with Gasteiger partial charge in [0.2, 0.25) is 0 Å². The zero-order valence-corrected chi connectivity index (χ0v) is 17.7. The molecule has 5 nitrogen and oxygen atoms in total. The van der Waals surface area contributed by atoms with Crippen LogP contribution in [-0.4, -0.2) is 20.9 Å². The summed E-state index contributed by atoms with van der Waals surface area (Å²) in [6, 6.07) is 21.9. The van der Waals surface area contributed by atoms with Crippen LogP contribution < -0.4 is 9.04 Å². The Morgan fingerprint density at radius 3 is 2.17 bits per heavy atom. The molecule has 0 N–H and O–H groups in total. The Bertz CT molecular complexity index is 1120. The van der Waals surface area contributed by atoms with Gasteiger partial charge in [0.05, 0.1) is 17.2 Å². The third-order valence-electron chi connectivity index (χ3n) is 4.36. The minimum atomic E-state index is -4.07. The molecule has 0 saturated heterocycles. The molecule has 0 spiro atoms. The first-order chi connectivity index (χ1) is 14.4. The van der Waals surface area contributed by atoms with E-state index in [1.165, 1.54) is 18.2 Å². The van der Waals surface area contributed by atoms with Crippen LogP contribution in [0.1, 0.15) is 18.1 Å². The molecule has 0 aliphatic carbocycles. The van der Waals surface area contributed by atoms with Crippen molar-refractivity contribution in [3.8, 4) is 5.75 Å². The number of ether oxygens (including phenoxy) is 1. The SMILES string of the molecule is CCOc1ccc(/C=C/C(=O)N(c2ccc(C)cc2)S(=O)(=O)c2ccccc2)cc1. The molecular weight excluding hydrogens is 398 g/mol. The number of aryl methyl sites for hydroxylation is 1. The van der Waals surface area contributed by atoms with Gasteiger partial charge in [0.1, 0.15) is 5.75 Å². The zero-order valence-electron chi connectivity index (χ0n) is 16.9. The smallest absolute Gasteiger partial charge is 0.271 e. The number of hydrogen-bond acceptors (Lipinski definition) is 4. The number of nitrogens with zero attached hydrogens (tertiary/aromatic N) is 1. The predicted octanol–water partition coefficient (Wildman–Crippen LogP) is 4.83. The molecule has 0 aliphatic rings. The van der Waals surface area contributed by atoms with Gasteiger partial charge in [-0.05, 0) is 61.9 Å². The summed E-state index contributed by atoms with van der Waals surface area (Å²) in [5, 5.41) is 0. The molecule has 0 atom stereocenters. The Kier molecular flexibility index (Phi) is 6.69. The number of hydrogen-bond donors (Lipinski definition) is 0. The van der Waals surface area contributed by atoms with Crippen molar-refractivity contribution in [2.24, 2.45) is 0 Å². The molecule has 3 rings (SSSR count). The number of amides is 1. The highest BCUT2D eigenvalue weighted by molar-refractivity contribution is 7.93. The van der Waals surface area contributed by atoms with E-state index in [2.05, 4.69) is 0 Å². The topological polar surface area (TPSA) is 63.7 Å². The molecule has 0 saturated carbocycles. The van der Waals surface area contributed by atoms with Crippen molar-refractivity contribution in [1.29, 1.82) is 0 Å². The first-order valence-electron chi connectivity index (χ1n) is 9.54. The van der Waals surface area contributed by atoms with E-state index in [9.17, 15) is 13.2 Å². The van der Waals surface area contributed by atoms with Crippen LogP contribution in [0.2, 0.25) is 0 Å². The summed E-state index contributed by atoms with van der Waals surface area (Å²) in [5.41, 5.74) is 2.01. The summed E-state index contributed by atoms with van der Waals surface area (Å²) in [6.07, 6.45) is 2.84. The van der Waals surface area contributed by atoms with Crippen molar-refractivity contribution in [3.63, 3.8) is 0 Å². The van der Waals surface area contributed by atoms with Crippen LogP contribution in [0.3, 0.4) is 0 Å². The molecule has 0 aliphatic heterocycles. The number of anilines is 1. The van der Waals surface area contributed by atoms with E-state index in [1.54, 1.807) is 72.8 Å². The maximum atomic E-state index is 13.2. The minimum absolute atomic E-state index is 0.0494. The number of carbonyl (C=O) groups excluding carboxylic acids is 1. The molecule has 30 heavy (non-hydrogen) atoms. The lowest BCUT2D eigenvalue weighted by atomic mass is 10.2. The zero-order chi connectivity index (χ0) is 21.6. The van der Waals surface area contributed by atoms with Gasteiger partial charge >= 0.3 is 0 Å². The molecule has 3 aromatic carbocycles. The van der Waals surface area contributed by atoms with E-state index < -0.39 is 15.9 Å². The molecule has 0 heterocycles. The summed E-state index contributed by atoms with van der Waals surface area (Å²) >= 11 is 0. The van der Waals surface area contributed by atoms with E-state index in [0.717, 1.165) is 21.2 Å². The van der Waals surface area contributed by atoms with E-state index in [0.29, 0.717) is 6.61 Å². The first kappa shape index (κ1) is 21.3. The molecule has 6 heteroatoms. The van der Waals surface area contributed by atoms with Gasteiger partial charge in [-0.2, -0.15) is 4.31 Å². The van der Waals surface area contributed by atoms with Crippen LogP contribution in [0.5, 0.6) is 5.75 Å². The predicted molar refractivity (Wildman–Crippen MR) is 119 cm³/mol. The van der Waals surface area contributed by atoms with E-state index in [4.69, 9.17) is 4.74 Å². The molecular formula is C24H23NO4S. The van der Waals surface area contributed by atoms with Crippen molar-refractivity contribution >= 4 is 27.7 Å². The van der Waals surface area contributed by atoms with Crippen molar-refractivity contribution in [1.82, 2.24) is 0 Å². The number of benzene rings is 3. The summed E-state index contributed by atoms with van der Waals surface area (Å²) in [7, 11) is -4.07. The quantitative estimate of drug-likeness (QED) is 0.513. The molecule has 3 aromatic rings. The van der Waals surface area contributed by atoms with E-state index in [1.807, 2.05) is 13.8 Å². The lowest BCUT2D eigenvalue weighted by Crippen LogP contribution is -2.35. The maximum absolute atomic E-state index is 13.2. The third-order valence-corrected chi connectivity index (χ3v) is 6.10. The summed E-state index contributed by atoms with van der Waals surface area (Å²) < 4.78 is 32.7. The van der Waals surface area contributed by atoms with E-state index in [-0.39, 0.29) is 10.6 Å². The van der Waals surface area contributed by atoms with Gasteiger partial charge in [-0.1, -0.05) is 48.0 Å². The standard InChI is InChI=1S/C24H23NO4S/c1-3-29-22-16-11-20(12-17-22)13-18-24(26)25(21-14-9-19(2)10-15-21)30(27,28)23-7-5-4-6-8-23/h4-18H,3H2,1-2H3/b18-13+. The molecule has 0 radical (unpaired) electrons. The highest BCUT2D eigenvalue weighted by Gasteiger charge is 2.29. The second kappa shape index (κ2) is 9.41. The van der Waals surface area contributed by atoms with Crippen molar-refractivity contribution in [3.05, 3.63) is 96.1 Å². The molecule has 0 aromatic heterocycles. The monoisotopic (exact) mass is 421 g/mol. The fraction of sp³-hybridized carbons (Fsp3) is 0.125. The largest absolute Gasteiger partial charge is 0.494 e. The number of sulfonamides is 1. The van der Waals surface area contributed by atoms with Gasteiger partial charge < -0.3 is 4.74 Å². The summed E-state index contributed by atoms with van der Waals surface area (Å²) in [5.74, 6) is 0.0745. The molecule has 154 valence electrons. The Morgan fingerprint density at radius 1 is 0.933 bits per heavy atom. The van der Waals surface area contributed by atoms with Gasteiger partial charge in [-0.25, -0.2) is 8.42 Å². The number of rotatable bonds is 7. The fourth-order valence-corrected chi connectivity index (χ4v) is 4.25. The highest BCUT2D eigenvalue weighted by atomic mass is 32.2. The second-order valence-electron chi connectivity index (χ2n) is 6.59. The molecule has 0 fully saturated rings. The Balaban J connectivity index is 1.95. The Labute approximate surface area is 177 Å². The third kappa shape index (κ3) is 4.96. The van der Waals surface area contributed by atoms with E-state index >= 15 is 0 Å². The molecule has 1 amide bonds. The fourth-order valence-electron chi connectivity index (χ4n) is 2.84. The van der Waals surface area contributed by atoms with Crippen molar-refractivity contribution in [2.75, 3.05) is 10.9 Å². The first-order valence-corrected chi connectivity index (χ1v) is 11.0. The Morgan fingerprint density at radius 2 is 1.57 bits per heavy atom. The van der Waals surface area contributed by atoms with Gasteiger partial charge in [-0.3, -0.25) is 4.79 Å². The van der Waals surface area contributed by atoms with Crippen LogP contribution in [-0.2, 0) is 14.8 Å². The lowest BCUT2D eigenvalue weighted by molar-refractivity contribution is -0.113. The average molecular weight is 422 g/mol.